The van der Waals surface area contributed by atoms with E-state index in [0.29, 0.717) is 55.8 Å². The molecule has 0 spiro atoms. The number of hydrogen-bond acceptors (Lipinski definition) is 12. The predicted molar refractivity (Wildman–Crippen MR) is 265 cm³/mol. The van der Waals surface area contributed by atoms with Gasteiger partial charge < -0.3 is 65.5 Å². The molecular formula is C42H55F9N14O4S3. The van der Waals surface area contributed by atoms with E-state index in [4.69, 9.17) is 33.8 Å². The number of alkyl halides is 9. The van der Waals surface area contributed by atoms with Gasteiger partial charge in [-0.05, 0) is 69.0 Å². The molecule has 18 N–H and O–H groups in total. The number of carbonyl (C=O) groups is 4. The molecule has 0 saturated carbocycles. The molecule has 3 aromatic rings. The van der Waals surface area contributed by atoms with Gasteiger partial charge in [0.25, 0.3) is 0 Å². The Hall–Kier alpha value is -5.82. The molecule has 3 aromatic carbocycles. The highest BCUT2D eigenvalue weighted by Crippen LogP contribution is 2.45. The second-order valence-electron chi connectivity index (χ2n) is 15.2. The van der Waals surface area contributed by atoms with Crippen molar-refractivity contribution in [2.45, 2.75) is 78.7 Å². The van der Waals surface area contributed by atoms with Gasteiger partial charge in [0.1, 0.15) is 0 Å². The number of carbonyl (C=O) groups excluding carboxylic acids is 4. The number of benzene rings is 3. The number of rotatable bonds is 25. The Labute approximate surface area is 420 Å². The molecule has 0 fully saturated rings. The van der Waals surface area contributed by atoms with E-state index in [-0.39, 0.29) is 107 Å². The molecule has 0 aliphatic carbocycles. The van der Waals surface area contributed by atoms with Gasteiger partial charge in [0.15, 0.2) is 5.96 Å². The molecule has 0 radical (unpaired) electrons. The lowest BCUT2D eigenvalue weighted by Crippen LogP contribution is -2.31. The molecule has 0 bridgehead atoms. The SMILES string of the molecule is CC(=N)NCCCCC(=O)Nc1cc(C(F)(F)F)cc(NC(=O)Nc2cc(C(F)(F)F)cc(NC(=O)Nc3cc(C(F)(F)F)cc(NC(=O)CCCCNC(=N)N)c3SCCN)c2SCCN)c1SCCN. The molecule has 18 nitrogen and oxygen atoms in total. The highest BCUT2D eigenvalue weighted by molar-refractivity contribution is 8.00. The predicted octanol–water partition coefficient (Wildman–Crippen LogP) is 8.47. The Morgan fingerprint density at radius 2 is 0.764 bits per heavy atom. The number of nitrogens with two attached hydrogens (primary N) is 4. The lowest BCUT2D eigenvalue weighted by molar-refractivity contribution is -0.138. The summed E-state index contributed by atoms with van der Waals surface area (Å²) < 4.78 is 129. The molecule has 0 heterocycles. The summed E-state index contributed by atoms with van der Waals surface area (Å²) in [5.74, 6) is -1.44. The number of halogens is 9. The molecule has 3 rings (SSSR count). The fourth-order valence-electron chi connectivity index (χ4n) is 6.18. The van der Waals surface area contributed by atoms with Crippen LogP contribution in [0.15, 0.2) is 51.1 Å². The monoisotopic (exact) mass is 1090 g/mol. The van der Waals surface area contributed by atoms with Crippen LogP contribution < -0.4 is 65.5 Å². The van der Waals surface area contributed by atoms with Gasteiger partial charge in [-0.1, -0.05) is 0 Å². The van der Waals surface area contributed by atoms with Gasteiger partial charge in [-0.25, -0.2) is 9.59 Å². The number of thioether (sulfide) groups is 3. The minimum absolute atomic E-state index is 0.0121. The summed E-state index contributed by atoms with van der Waals surface area (Å²) in [5.41, 5.74) is 15.1. The van der Waals surface area contributed by atoms with Crippen molar-refractivity contribution in [3.05, 3.63) is 53.1 Å². The van der Waals surface area contributed by atoms with E-state index in [9.17, 15) is 58.7 Å². The van der Waals surface area contributed by atoms with Crippen LogP contribution in [0.1, 0.15) is 62.1 Å². The minimum Gasteiger partial charge on any atom is -0.374 e. The van der Waals surface area contributed by atoms with Crippen molar-refractivity contribution in [2.75, 3.05) is 81.9 Å². The van der Waals surface area contributed by atoms with Gasteiger partial charge in [0.2, 0.25) is 11.8 Å². The first kappa shape index (κ1) is 60.5. The quantitative estimate of drug-likeness (QED) is 0.0125. The van der Waals surface area contributed by atoms with Crippen LogP contribution in [-0.2, 0) is 28.1 Å². The Balaban J connectivity index is 2.08. The van der Waals surface area contributed by atoms with Gasteiger partial charge in [0, 0.05) is 62.8 Å². The zero-order chi connectivity index (χ0) is 53.8. The minimum atomic E-state index is -5.17. The normalized spacial score (nSPS) is 11.6. The number of anilines is 6. The lowest BCUT2D eigenvalue weighted by atomic mass is 10.1. The van der Waals surface area contributed by atoms with E-state index in [2.05, 4.69) is 42.5 Å². The summed E-state index contributed by atoms with van der Waals surface area (Å²) in [5, 5.41) is 33.6. The lowest BCUT2D eigenvalue weighted by Gasteiger charge is -2.22. The topological polar surface area (TPSA) is 316 Å². The zero-order valence-corrected chi connectivity index (χ0v) is 40.9. The smallest absolute Gasteiger partial charge is 0.374 e. The van der Waals surface area contributed by atoms with Gasteiger partial charge in [0.05, 0.1) is 71.3 Å². The largest absolute Gasteiger partial charge is 0.416 e. The summed E-state index contributed by atoms with van der Waals surface area (Å²) in [6.45, 7) is 1.97. The number of nitrogens with one attached hydrogen (secondary N) is 10. The van der Waals surface area contributed by atoms with E-state index in [1.807, 2.05) is 0 Å². The first-order valence-corrected chi connectivity index (χ1v) is 24.6. The first-order chi connectivity index (χ1) is 33.8. The molecule has 0 unspecified atom stereocenters. The summed E-state index contributed by atoms with van der Waals surface area (Å²) in [7, 11) is 0. The van der Waals surface area contributed by atoms with Crippen LogP contribution in [0.5, 0.6) is 0 Å². The molecule has 0 saturated heterocycles. The van der Waals surface area contributed by atoms with E-state index >= 15 is 0 Å². The number of hydrogen-bond donors (Lipinski definition) is 14. The number of guanidine groups is 1. The standard InChI is InChI=1S/C42H55F9N14O4S3/c1-22(55)58-11-4-2-6-32(66)60-26-16-23(40(43,44)45)18-28(34(26)70-13-8-52)62-38(68)64-30-20-25(42(49,50)51)21-31(36(30)72-15-10-54)65-39(69)63-29-19-24(41(46,47)48)17-27(35(29)71-14-9-53)61-33(67)7-3-5-12-59-37(56)57/h16-21H,2-15,52-54H2,1H3,(H2,55,58)(H,60,66)(H,61,67)(H4,56,57,59)(H2,62,64,68)(H2,63,65,69). The van der Waals surface area contributed by atoms with Crippen LogP contribution in [0.2, 0.25) is 0 Å². The number of amides is 6. The fraction of sp³-hybridized carbons (Fsp3) is 0.429. The van der Waals surface area contributed by atoms with Gasteiger partial charge >= 0.3 is 30.6 Å². The second kappa shape index (κ2) is 28.4. The average Bonchev–Trinajstić information content (AvgIpc) is 3.26. The Kier molecular flexibility index (Phi) is 23.9. The maximum atomic E-state index is 14.5. The fourth-order valence-corrected chi connectivity index (χ4v) is 8.74. The van der Waals surface area contributed by atoms with Crippen LogP contribution in [0.25, 0.3) is 0 Å². The first-order valence-electron chi connectivity index (χ1n) is 21.6. The van der Waals surface area contributed by atoms with Crippen molar-refractivity contribution in [1.82, 2.24) is 10.6 Å². The van der Waals surface area contributed by atoms with Crippen molar-refractivity contribution in [3.8, 4) is 0 Å². The molecule has 398 valence electrons. The van der Waals surface area contributed by atoms with E-state index in [1.165, 1.54) is 6.92 Å². The third-order valence-corrected chi connectivity index (χ3v) is 12.8. The molecule has 0 atom stereocenters. The molecule has 72 heavy (non-hydrogen) atoms. The maximum absolute atomic E-state index is 14.5. The molecule has 6 amide bonds. The van der Waals surface area contributed by atoms with Crippen LogP contribution in [-0.4, -0.2) is 85.7 Å². The molecule has 0 aliphatic heterocycles. The third kappa shape index (κ3) is 20.4. The van der Waals surface area contributed by atoms with Crippen molar-refractivity contribution in [1.29, 1.82) is 10.8 Å². The number of urea groups is 2. The van der Waals surface area contributed by atoms with E-state index < -0.39 is 81.8 Å². The van der Waals surface area contributed by atoms with Crippen LogP contribution in [0.3, 0.4) is 0 Å². The van der Waals surface area contributed by atoms with Crippen molar-refractivity contribution >= 4 is 105 Å². The highest BCUT2D eigenvalue weighted by Gasteiger charge is 2.36. The average molecular weight is 1090 g/mol. The summed E-state index contributed by atoms with van der Waals surface area (Å²) in [4.78, 5) is 52.9. The van der Waals surface area contributed by atoms with E-state index in [0.717, 1.165) is 35.3 Å². The van der Waals surface area contributed by atoms with Crippen LogP contribution >= 0.6 is 35.3 Å². The molecule has 0 aliphatic rings. The Bertz CT molecular complexity index is 2250. The molecule has 30 heteroatoms. The van der Waals surface area contributed by atoms with Crippen molar-refractivity contribution < 1.29 is 58.7 Å². The van der Waals surface area contributed by atoms with Crippen LogP contribution in [0, 0.1) is 10.8 Å². The Morgan fingerprint density at radius 1 is 0.486 bits per heavy atom. The summed E-state index contributed by atoms with van der Waals surface area (Å²) in [6, 6.07) is 0.555. The maximum Gasteiger partial charge on any atom is 0.416 e. The van der Waals surface area contributed by atoms with Crippen molar-refractivity contribution in [2.24, 2.45) is 22.9 Å². The van der Waals surface area contributed by atoms with Gasteiger partial charge in [-0.15, -0.1) is 35.3 Å². The van der Waals surface area contributed by atoms with E-state index in [1.54, 1.807) is 0 Å². The number of amidine groups is 1. The van der Waals surface area contributed by atoms with Gasteiger partial charge in [-0.3, -0.25) is 20.4 Å². The molecular weight excluding hydrogens is 1030 g/mol. The highest BCUT2D eigenvalue weighted by atomic mass is 32.2. The van der Waals surface area contributed by atoms with Crippen LogP contribution in [0.4, 0.5) is 83.2 Å². The molecule has 0 aromatic heterocycles. The van der Waals surface area contributed by atoms with Crippen molar-refractivity contribution in [3.63, 3.8) is 0 Å². The number of unbranched alkanes of at least 4 members (excludes halogenated alkanes) is 2. The third-order valence-electron chi connectivity index (χ3n) is 9.25. The Morgan fingerprint density at radius 3 is 1.01 bits per heavy atom. The second-order valence-corrected chi connectivity index (χ2v) is 18.5. The van der Waals surface area contributed by atoms with Gasteiger partial charge in [-0.2, -0.15) is 39.5 Å². The zero-order valence-electron chi connectivity index (χ0n) is 38.4. The summed E-state index contributed by atoms with van der Waals surface area (Å²) >= 11 is 2.43. The summed E-state index contributed by atoms with van der Waals surface area (Å²) in [6.07, 6.45) is -14.2.